The van der Waals surface area contributed by atoms with E-state index in [1.807, 2.05) is 13.0 Å². The lowest BCUT2D eigenvalue weighted by atomic mass is 9.96. The zero-order valence-electron chi connectivity index (χ0n) is 17.3. The largest absolute Gasteiger partial charge is 0.501 e. The smallest absolute Gasteiger partial charge is 0.130 e. The van der Waals surface area contributed by atoms with Crippen molar-refractivity contribution in [1.82, 2.24) is 0 Å². The van der Waals surface area contributed by atoms with Crippen LogP contribution in [0.3, 0.4) is 0 Å². The lowest BCUT2D eigenvalue weighted by Crippen LogP contribution is -2.02. The molecule has 2 aromatic rings. The molecule has 0 amide bonds. The van der Waals surface area contributed by atoms with Crippen LogP contribution in [0.1, 0.15) is 41.2 Å². The minimum absolute atomic E-state index is 0.533. The molecule has 3 nitrogen and oxygen atoms in total. The van der Waals surface area contributed by atoms with E-state index in [4.69, 9.17) is 14.2 Å². The molecule has 0 fully saturated rings. The average Bonchev–Trinajstić information content (AvgIpc) is 2.65. The highest BCUT2D eigenvalue weighted by molar-refractivity contribution is 5.75. The fraction of sp³-hybridized carbons (Fsp3) is 0.333. The third-order valence-corrected chi connectivity index (χ3v) is 4.73. The van der Waals surface area contributed by atoms with Crippen molar-refractivity contribution in [2.24, 2.45) is 0 Å². The number of methoxy groups -OCH3 is 2. The first-order valence-electron chi connectivity index (χ1n) is 9.14. The Morgan fingerprint density at radius 2 is 1.78 bits per heavy atom. The summed E-state index contributed by atoms with van der Waals surface area (Å²) >= 11 is 0. The molecule has 0 radical (unpaired) electrons. The predicted molar refractivity (Wildman–Crippen MR) is 112 cm³/mol. The second-order valence-corrected chi connectivity index (χ2v) is 6.77. The maximum Gasteiger partial charge on any atom is 0.130 e. The molecule has 0 N–H and O–H groups in total. The standard InChI is InChI=1S/C24H30O3/c1-8-20(13-19(5)25-6)24-18(4)12-22(14-23(24)26-7)27-15-21-10-9-16(2)11-17(21)3/h8-12,14H,5,13,15H2,1-4,6-7H3/b20-8-. The first kappa shape index (κ1) is 20.6. The summed E-state index contributed by atoms with van der Waals surface area (Å²) in [5.74, 6) is 2.32. The van der Waals surface area contributed by atoms with E-state index in [2.05, 4.69) is 57.7 Å². The van der Waals surface area contributed by atoms with Crippen LogP contribution in [-0.4, -0.2) is 14.2 Å². The molecule has 0 unspecified atom stereocenters. The minimum atomic E-state index is 0.533. The van der Waals surface area contributed by atoms with Crippen molar-refractivity contribution in [3.8, 4) is 11.5 Å². The summed E-state index contributed by atoms with van der Waals surface area (Å²) in [7, 11) is 3.33. The molecule has 0 aliphatic rings. The number of benzene rings is 2. The lowest BCUT2D eigenvalue weighted by Gasteiger charge is -2.18. The summed E-state index contributed by atoms with van der Waals surface area (Å²) in [6.45, 7) is 12.8. The van der Waals surface area contributed by atoms with Gasteiger partial charge in [-0.2, -0.15) is 0 Å². The van der Waals surface area contributed by atoms with E-state index in [1.54, 1.807) is 14.2 Å². The summed E-state index contributed by atoms with van der Waals surface area (Å²) < 4.78 is 17.0. The molecule has 0 aliphatic heterocycles. The molecule has 0 spiro atoms. The van der Waals surface area contributed by atoms with Crippen molar-refractivity contribution in [1.29, 1.82) is 0 Å². The van der Waals surface area contributed by atoms with Gasteiger partial charge < -0.3 is 14.2 Å². The van der Waals surface area contributed by atoms with Crippen molar-refractivity contribution in [2.45, 2.75) is 40.7 Å². The Morgan fingerprint density at radius 1 is 1.04 bits per heavy atom. The van der Waals surface area contributed by atoms with Gasteiger partial charge in [-0.25, -0.2) is 0 Å². The topological polar surface area (TPSA) is 27.7 Å². The zero-order valence-corrected chi connectivity index (χ0v) is 17.3. The molecule has 0 heterocycles. The SMILES string of the molecule is C=C(C/C(=C/C)c1c(C)cc(OCc2ccc(C)cc2C)cc1OC)OC. The third kappa shape index (κ3) is 5.16. The van der Waals surface area contributed by atoms with Gasteiger partial charge in [0.1, 0.15) is 18.1 Å². The third-order valence-electron chi connectivity index (χ3n) is 4.73. The maximum atomic E-state index is 6.07. The highest BCUT2D eigenvalue weighted by Crippen LogP contribution is 2.36. The Hall–Kier alpha value is -2.68. The van der Waals surface area contributed by atoms with Crippen molar-refractivity contribution >= 4 is 5.57 Å². The van der Waals surface area contributed by atoms with Gasteiger partial charge in [0.2, 0.25) is 0 Å². The van der Waals surface area contributed by atoms with Gasteiger partial charge in [-0.15, -0.1) is 0 Å². The van der Waals surface area contributed by atoms with Gasteiger partial charge in [0.25, 0.3) is 0 Å². The second kappa shape index (κ2) is 9.31. The van der Waals surface area contributed by atoms with Gasteiger partial charge in [0, 0.05) is 18.1 Å². The van der Waals surface area contributed by atoms with E-state index in [-0.39, 0.29) is 0 Å². The first-order valence-corrected chi connectivity index (χ1v) is 9.14. The normalized spacial score (nSPS) is 11.3. The Bertz CT molecular complexity index is 847. The molecule has 2 aromatic carbocycles. The fourth-order valence-corrected chi connectivity index (χ4v) is 3.17. The Morgan fingerprint density at radius 3 is 2.37 bits per heavy atom. The van der Waals surface area contributed by atoms with Crippen LogP contribution in [0, 0.1) is 20.8 Å². The van der Waals surface area contributed by atoms with Crippen LogP contribution >= 0.6 is 0 Å². The van der Waals surface area contributed by atoms with Gasteiger partial charge in [-0.3, -0.25) is 0 Å². The van der Waals surface area contributed by atoms with E-state index >= 15 is 0 Å². The van der Waals surface area contributed by atoms with Gasteiger partial charge in [0.05, 0.1) is 20.0 Å². The number of hydrogen-bond acceptors (Lipinski definition) is 3. The molecule has 27 heavy (non-hydrogen) atoms. The molecular formula is C24H30O3. The van der Waals surface area contributed by atoms with Crippen LogP contribution in [0.25, 0.3) is 5.57 Å². The summed E-state index contributed by atoms with van der Waals surface area (Å²) in [5.41, 5.74) is 6.97. The zero-order chi connectivity index (χ0) is 20.0. The van der Waals surface area contributed by atoms with E-state index in [1.165, 1.54) is 16.7 Å². The van der Waals surface area contributed by atoms with Crippen LogP contribution in [0.2, 0.25) is 0 Å². The predicted octanol–water partition coefficient (Wildman–Crippen LogP) is 6.15. The highest BCUT2D eigenvalue weighted by atomic mass is 16.5. The molecule has 0 bridgehead atoms. The van der Waals surface area contributed by atoms with Crippen molar-refractivity contribution in [3.63, 3.8) is 0 Å². The van der Waals surface area contributed by atoms with E-state index in [0.29, 0.717) is 13.0 Å². The van der Waals surface area contributed by atoms with Gasteiger partial charge in [-0.1, -0.05) is 36.4 Å². The summed E-state index contributed by atoms with van der Waals surface area (Å²) in [5, 5.41) is 0. The van der Waals surface area contributed by atoms with Crippen molar-refractivity contribution in [3.05, 3.63) is 76.6 Å². The number of hydrogen-bond donors (Lipinski definition) is 0. The molecule has 144 valence electrons. The van der Waals surface area contributed by atoms with Crippen LogP contribution in [0.15, 0.2) is 48.7 Å². The summed E-state index contributed by atoms with van der Waals surface area (Å²) in [4.78, 5) is 0. The number of ether oxygens (including phenoxy) is 3. The summed E-state index contributed by atoms with van der Waals surface area (Å²) in [6, 6.07) is 10.4. The molecular weight excluding hydrogens is 336 g/mol. The lowest BCUT2D eigenvalue weighted by molar-refractivity contribution is 0.288. The van der Waals surface area contributed by atoms with E-state index < -0.39 is 0 Å². The van der Waals surface area contributed by atoms with E-state index in [9.17, 15) is 0 Å². The van der Waals surface area contributed by atoms with Crippen LogP contribution < -0.4 is 9.47 Å². The Kier molecular flexibility index (Phi) is 7.12. The molecule has 0 aliphatic carbocycles. The van der Waals surface area contributed by atoms with Crippen LogP contribution in [0.5, 0.6) is 11.5 Å². The van der Waals surface area contributed by atoms with Crippen molar-refractivity contribution < 1.29 is 14.2 Å². The number of allylic oxidation sites excluding steroid dienone is 2. The average molecular weight is 367 g/mol. The molecule has 0 aromatic heterocycles. The monoisotopic (exact) mass is 366 g/mol. The molecule has 0 saturated carbocycles. The first-order chi connectivity index (χ1) is 12.9. The second-order valence-electron chi connectivity index (χ2n) is 6.77. The van der Waals surface area contributed by atoms with Crippen LogP contribution in [0.4, 0.5) is 0 Å². The minimum Gasteiger partial charge on any atom is -0.501 e. The Labute approximate surface area is 163 Å². The summed E-state index contributed by atoms with van der Waals surface area (Å²) in [6.07, 6.45) is 2.72. The number of aryl methyl sites for hydroxylation is 3. The number of rotatable bonds is 8. The molecule has 0 atom stereocenters. The Balaban J connectivity index is 2.28. The quantitative estimate of drug-likeness (QED) is 0.524. The fourth-order valence-electron chi connectivity index (χ4n) is 3.17. The van der Waals surface area contributed by atoms with Gasteiger partial charge >= 0.3 is 0 Å². The van der Waals surface area contributed by atoms with Gasteiger partial charge in [-0.05, 0) is 56.0 Å². The molecule has 0 saturated heterocycles. The van der Waals surface area contributed by atoms with Crippen LogP contribution in [-0.2, 0) is 11.3 Å². The highest BCUT2D eigenvalue weighted by Gasteiger charge is 2.15. The van der Waals surface area contributed by atoms with Crippen molar-refractivity contribution in [2.75, 3.05) is 14.2 Å². The molecule has 3 heteroatoms. The molecule has 2 rings (SSSR count). The van der Waals surface area contributed by atoms with E-state index in [0.717, 1.165) is 34.0 Å². The maximum absolute atomic E-state index is 6.07. The van der Waals surface area contributed by atoms with Gasteiger partial charge in [0.15, 0.2) is 0 Å².